The molecule has 0 aliphatic heterocycles. The third kappa shape index (κ3) is 3.17. The zero-order valence-electron chi connectivity index (χ0n) is 8.09. The molecule has 72 valence electrons. The lowest BCUT2D eigenvalue weighted by molar-refractivity contribution is 0.292. The van der Waals surface area contributed by atoms with Crippen molar-refractivity contribution in [2.24, 2.45) is 0 Å². The Morgan fingerprint density at radius 3 is 2.54 bits per heavy atom. The first kappa shape index (κ1) is 10.2. The number of aliphatic hydroxyl groups is 1. The van der Waals surface area contributed by atoms with E-state index >= 15 is 0 Å². The maximum atomic E-state index is 8.61. The predicted octanol–water partition coefficient (Wildman–Crippen LogP) is 1.33. The molecule has 0 aliphatic carbocycles. The molecule has 2 heteroatoms. The van der Waals surface area contributed by atoms with Crippen molar-refractivity contribution >= 4 is 0 Å². The van der Waals surface area contributed by atoms with Crippen LogP contribution in [0.2, 0.25) is 0 Å². The lowest BCUT2D eigenvalue weighted by atomic mass is 10.1. The van der Waals surface area contributed by atoms with Crippen LogP contribution in [-0.4, -0.2) is 18.3 Å². The molecule has 13 heavy (non-hydrogen) atoms. The van der Waals surface area contributed by atoms with E-state index in [1.54, 1.807) is 0 Å². The lowest BCUT2D eigenvalue weighted by Crippen LogP contribution is -2.18. The molecule has 2 nitrogen and oxygen atoms in total. The van der Waals surface area contributed by atoms with E-state index in [1.807, 2.05) is 0 Å². The largest absolute Gasteiger partial charge is 0.395 e. The molecule has 0 amide bonds. The van der Waals surface area contributed by atoms with Gasteiger partial charge in [-0.25, -0.2) is 0 Å². The molecule has 0 saturated heterocycles. The van der Waals surface area contributed by atoms with Gasteiger partial charge in [-0.3, -0.25) is 0 Å². The van der Waals surface area contributed by atoms with E-state index in [0.29, 0.717) is 6.54 Å². The van der Waals surface area contributed by atoms with Crippen LogP contribution in [0, 0.1) is 0 Å². The molecule has 0 aliphatic rings. The van der Waals surface area contributed by atoms with E-state index in [0.717, 1.165) is 13.0 Å². The second-order valence-electron chi connectivity index (χ2n) is 3.02. The monoisotopic (exact) mass is 179 g/mol. The van der Waals surface area contributed by atoms with Crippen molar-refractivity contribution in [3.63, 3.8) is 0 Å². The molecule has 0 unspecified atom stereocenters. The zero-order chi connectivity index (χ0) is 9.52. The highest BCUT2D eigenvalue weighted by Gasteiger charge is 1.97. The second-order valence-corrected chi connectivity index (χ2v) is 3.02. The molecule has 2 N–H and O–H groups in total. The smallest absolute Gasteiger partial charge is 0.0556 e. The van der Waals surface area contributed by atoms with Gasteiger partial charge in [0.2, 0.25) is 0 Å². The van der Waals surface area contributed by atoms with Crippen LogP contribution < -0.4 is 5.32 Å². The van der Waals surface area contributed by atoms with Crippen molar-refractivity contribution < 1.29 is 5.11 Å². The van der Waals surface area contributed by atoms with E-state index in [9.17, 15) is 0 Å². The van der Waals surface area contributed by atoms with Crippen molar-refractivity contribution in [1.82, 2.24) is 5.32 Å². The SMILES string of the molecule is CCc1ccccc1CNCCO. The number of hydrogen-bond acceptors (Lipinski definition) is 2. The predicted molar refractivity (Wildman–Crippen MR) is 54.6 cm³/mol. The standard InChI is InChI=1S/C11H17NO/c1-2-10-5-3-4-6-11(10)9-12-7-8-13/h3-6,12-13H,2,7-9H2,1H3. The molecule has 0 bridgehead atoms. The topological polar surface area (TPSA) is 32.3 Å². The van der Waals surface area contributed by atoms with Gasteiger partial charge in [0.25, 0.3) is 0 Å². The summed E-state index contributed by atoms with van der Waals surface area (Å²) in [6.45, 7) is 3.88. The molecule has 1 aromatic rings. The van der Waals surface area contributed by atoms with Crippen molar-refractivity contribution in [3.05, 3.63) is 35.4 Å². The Morgan fingerprint density at radius 1 is 1.23 bits per heavy atom. The molecule has 0 spiro atoms. The van der Waals surface area contributed by atoms with Crippen LogP contribution in [0.5, 0.6) is 0 Å². The van der Waals surface area contributed by atoms with Crippen LogP contribution in [0.25, 0.3) is 0 Å². The summed E-state index contributed by atoms with van der Waals surface area (Å²) in [5.41, 5.74) is 2.71. The quantitative estimate of drug-likeness (QED) is 0.668. The fraction of sp³-hybridized carbons (Fsp3) is 0.455. The molecule has 1 rings (SSSR count). The Labute approximate surface area is 79.6 Å². The Kier molecular flexibility index (Phi) is 4.50. The van der Waals surface area contributed by atoms with Gasteiger partial charge in [-0.2, -0.15) is 0 Å². The minimum Gasteiger partial charge on any atom is -0.395 e. The summed E-state index contributed by atoms with van der Waals surface area (Å²) in [5.74, 6) is 0. The minimum atomic E-state index is 0.203. The van der Waals surface area contributed by atoms with Gasteiger partial charge in [-0.05, 0) is 17.5 Å². The highest BCUT2D eigenvalue weighted by atomic mass is 16.3. The average molecular weight is 179 g/mol. The number of nitrogens with one attached hydrogen (secondary N) is 1. The highest BCUT2D eigenvalue weighted by molar-refractivity contribution is 5.26. The third-order valence-electron chi connectivity index (χ3n) is 2.10. The Balaban J connectivity index is 2.54. The lowest BCUT2D eigenvalue weighted by Gasteiger charge is -2.07. The fourth-order valence-corrected chi connectivity index (χ4v) is 1.38. The molecule has 1 aromatic carbocycles. The van der Waals surface area contributed by atoms with Gasteiger partial charge in [0.15, 0.2) is 0 Å². The van der Waals surface area contributed by atoms with E-state index in [1.165, 1.54) is 11.1 Å². The Hall–Kier alpha value is -0.860. The van der Waals surface area contributed by atoms with Crippen LogP contribution in [0.3, 0.4) is 0 Å². The molecule has 0 aromatic heterocycles. The normalized spacial score (nSPS) is 10.3. The number of aliphatic hydroxyl groups excluding tert-OH is 1. The molecule has 0 saturated carbocycles. The first-order chi connectivity index (χ1) is 6.38. The van der Waals surface area contributed by atoms with Gasteiger partial charge in [0, 0.05) is 13.1 Å². The van der Waals surface area contributed by atoms with E-state index in [-0.39, 0.29) is 6.61 Å². The van der Waals surface area contributed by atoms with Crippen molar-refractivity contribution in [3.8, 4) is 0 Å². The van der Waals surface area contributed by atoms with E-state index in [2.05, 4.69) is 36.5 Å². The van der Waals surface area contributed by atoms with Crippen LogP contribution in [-0.2, 0) is 13.0 Å². The average Bonchev–Trinajstić information content (AvgIpc) is 2.19. The number of rotatable bonds is 5. The van der Waals surface area contributed by atoms with E-state index < -0.39 is 0 Å². The van der Waals surface area contributed by atoms with Crippen molar-refractivity contribution in [2.75, 3.05) is 13.2 Å². The molecule has 0 fully saturated rings. The van der Waals surface area contributed by atoms with Crippen LogP contribution >= 0.6 is 0 Å². The Morgan fingerprint density at radius 2 is 1.92 bits per heavy atom. The number of aryl methyl sites for hydroxylation is 1. The molecule has 0 atom stereocenters. The minimum absolute atomic E-state index is 0.203. The van der Waals surface area contributed by atoms with Gasteiger partial charge in [-0.1, -0.05) is 31.2 Å². The van der Waals surface area contributed by atoms with Gasteiger partial charge >= 0.3 is 0 Å². The molecule has 0 radical (unpaired) electrons. The van der Waals surface area contributed by atoms with E-state index in [4.69, 9.17) is 5.11 Å². The molecular formula is C11H17NO. The van der Waals surface area contributed by atoms with Gasteiger partial charge in [-0.15, -0.1) is 0 Å². The third-order valence-corrected chi connectivity index (χ3v) is 2.10. The maximum Gasteiger partial charge on any atom is 0.0556 e. The maximum absolute atomic E-state index is 8.61. The summed E-state index contributed by atoms with van der Waals surface area (Å²) in [7, 11) is 0. The first-order valence-electron chi connectivity index (χ1n) is 4.76. The fourth-order valence-electron chi connectivity index (χ4n) is 1.38. The van der Waals surface area contributed by atoms with Crippen molar-refractivity contribution in [1.29, 1.82) is 0 Å². The van der Waals surface area contributed by atoms with Crippen LogP contribution in [0.4, 0.5) is 0 Å². The second kappa shape index (κ2) is 5.73. The summed E-state index contributed by atoms with van der Waals surface area (Å²) in [5, 5.41) is 11.8. The van der Waals surface area contributed by atoms with Gasteiger partial charge in [0.1, 0.15) is 0 Å². The number of benzene rings is 1. The van der Waals surface area contributed by atoms with Crippen LogP contribution in [0.15, 0.2) is 24.3 Å². The zero-order valence-corrected chi connectivity index (χ0v) is 8.09. The van der Waals surface area contributed by atoms with Gasteiger partial charge < -0.3 is 10.4 Å². The van der Waals surface area contributed by atoms with Crippen LogP contribution in [0.1, 0.15) is 18.1 Å². The Bertz CT molecular complexity index is 248. The molecular weight excluding hydrogens is 162 g/mol. The summed E-state index contributed by atoms with van der Waals surface area (Å²) >= 11 is 0. The summed E-state index contributed by atoms with van der Waals surface area (Å²) in [4.78, 5) is 0. The number of hydrogen-bond donors (Lipinski definition) is 2. The first-order valence-corrected chi connectivity index (χ1v) is 4.76. The summed E-state index contributed by atoms with van der Waals surface area (Å²) < 4.78 is 0. The summed E-state index contributed by atoms with van der Waals surface area (Å²) in [6, 6.07) is 8.39. The van der Waals surface area contributed by atoms with Crippen molar-refractivity contribution in [2.45, 2.75) is 19.9 Å². The highest BCUT2D eigenvalue weighted by Crippen LogP contribution is 2.08. The van der Waals surface area contributed by atoms with Gasteiger partial charge in [0.05, 0.1) is 6.61 Å². The molecule has 0 heterocycles. The summed E-state index contributed by atoms with van der Waals surface area (Å²) in [6.07, 6.45) is 1.07.